The Morgan fingerprint density at radius 1 is 1.04 bits per heavy atom. The quantitative estimate of drug-likeness (QED) is 0.918. The number of methoxy groups -OCH3 is 1. The second kappa shape index (κ2) is 6.70. The largest absolute Gasteiger partial charge is 0.493 e. The van der Waals surface area contributed by atoms with Gasteiger partial charge in [0.1, 0.15) is 12.0 Å². The van der Waals surface area contributed by atoms with E-state index < -0.39 is 0 Å². The molecule has 1 aromatic carbocycles. The minimum Gasteiger partial charge on any atom is -0.493 e. The van der Waals surface area contributed by atoms with Crippen LogP contribution in [-0.4, -0.2) is 55.2 Å². The zero-order valence-electron chi connectivity index (χ0n) is 13.4. The second-order valence-corrected chi connectivity index (χ2v) is 5.46. The van der Waals surface area contributed by atoms with E-state index in [1.165, 1.54) is 6.33 Å². The van der Waals surface area contributed by atoms with Crippen molar-refractivity contribution in [3.63, 3.8) is 0 Å². The normalized spacial score (nSPS) is 15.5. The Morgan fingerprint density at radius 3 is 2.43 bits per heavy atom. The van der Waals surface area contributed by atoms with E-state index in [-0.39, 0.29) is 0 Å². The Kier molecular flexibility index (Phi) is 4.47. The maximum atomic E-state index is 6.24. The van der Waals surface area contributed by atoms with E-state index in [2.05, 4.69) is 26.8 Å². The van der Waals surface area contributed by atoms with Gasteiger partial charge >= 0.3 is 0 Å². The smallest absolute Gasteiger partial charge is 0.248 e. The lowest BCUT2D eigenvalue weighted by atomic mass is 10.3. The van der Waals surface area contributed by atoms with Crippen LogP contribution >= 0.6 is 0 Å². The SMILES string of the molecule is COc1ccccc1Oc1ncnc(N2CCN(C)CC2)c1N. The first-order valence-electron chi connectivity index (χ1n) is 7.54. The summed E-state index contributed by atoms with van der Waals surface area (Å²) < 4.78 is 11.1. The van der Waals surface area contributed by atoms with Crippen LogP contribution in [0, 0.1) is 0 Å². The van der Waals surface area contributed by atoms with E-state index in [4.69, 9.17) is 15.2 Å². The average molecular weight is 315 g/mol. The van der Waals surface area contributed by atoms with Gasteiger partial charge in [0.15, 0.2) is 17.3 Å². The Balaban J connectivity index is 1.85. The van der Waals surface area contributed by atoms with Crippen LogP contribution in [0.5, 0.6) is 17.4 Å². The third-order valence-electron chi connectivity index (χ3n) is 3.90. The molecule has 2 N–H and O–H groups in total. The second-order valence-electron chi connectivity index (χ2n) is 5.46. The fourth-order valence-corrected chi connectivity index (χ4v) is 2.53. The first-order chi connectivity index (χ1) is 11.2. The molecule has 0 radical (unpaired) electrons. The number of likely N-dealkylation sites (N-methyl/N-ethyl adjacent to an activating group) is 1. The molecule has 1 aliphatic rings. The number of piperazine rings is 1. The van der Waals surface area contributed by atoms with Crippen molar-refractivity contribution in [3.05, 3.63) is 30.6 Å². The van der Waals surface area contributed by atoms with Crippen LogP contribution in [0.2, 0.25) is 0 Å². The van der Waals surface area contributed by atoms with Gasteiger partial charge in [0.2, 0.25) is 5.88 Å². The zero-order valence-corrected chi connectivity index (χ0v) is 13.4. The molecule has 0 unspecified atom stereocenters. The summed E-state index contributed by atoms with van der Waals surface area (Å²) in [4.78, 5) is 12.9. The average Bonchev–Trinajstić information content (AvgIpc) is 2.58. The van der Waals surface area contributed by atoms with Gasteiger partial charge in [-0.2, -0.15) is 4.98 Å². The predicted molar refractivity (Wildman–Crippen MR) is 89.2 cm³/mol. The maximum absolute atomic E-state index is 6.24. The number of ether oxygens (including phenoxy) is 2. The molecule has 1 fully saturated rings. The third-order valence-corrected chi connectivity index (χ3v) is 3.90. The lowest BCUT2D eigenvalue weighted by Gasteiger charge is -2.33. The van der Waals surface area contributed by atoms with Gasteiger partial charge in [-0.25, -0.2) is 4.98 Å². The Hall–Kier alpha value is -2.54. The lowest BCUT2D eigenvalue weighted by Crippen LogP contribution is -2.45. The van der Waals surface area contributed by atoms with Crippen LogP contribution in [0.1, 0.15) is 0 Å². The number of nitrogen functional groups attached to an aromatic ring is 1. The monoisotopic (exact) mass is 315 g/mol. The molecule has 122 valence electrons. The number of para-hydroxylation sites is 2. The van der Waals surface area contributed by atoms with Crippen molar-refractivity contribution >= 4 is 11.5 Å². The van der Waals surface area contributed by atoms with Crippen molar-refractivity contribution in [2.75, 3.05) is 51.0 Å². The number of hydrogen-bond acceptors (Lipinski definition) is 7. The Labute approximate surface area is 135 Å². The van der Waals surface area contributed by atoms with E-state index >= 15 is 0 Å². The fraction of sp³-hybridized carbons (Fsp3) is 0.375. The maximum Gasteiger partial charge on any atom is 0.248 e. The van der Waals surface area contributed by atoms with Gasteiger partial charge in [-0.3, -0.25) is 0 Å². The highest BCUT2D eigenvalue weighted by molar-refractivity contribution is 5.68. The minimum absolute atomic E-state index is 0.346. The van der Waals surface area contributed by atoms with Crippen molar-refractivity contribution in [3.8, 4) is 17.4 Å². The molecule has 1 saturated heterocycles. The molecule has 1 aliphatic heterocycles. The summed E-state index contributed by atoms with van der Waals surface area (Å²) in [6.07, 6.45) is 1.48. The number of nitrogens with zero attached hydrogens (tertiary/aromatic N) is 4. The highest BCUT2D eigenvalue weighted by atomic mass is 16.5. The Bertz CT molecular complexity index is 671. The van der Waals surface area contributed by atoms with Gasteiger partial charge in [-0.15, -0.1) is 0 Å². The van der Waals surface area contributed by atoms with E-state index in [0.717, 1.165) is 32.0 Å². The fourth-order valence-electron chi connectivity index (χ4n) is 2.53. The van der Waals surface area contributed by atoms with Crippen molar-refractivity contribution in [1.82, 2.24) is 14.9 Å². The summed E-state index contributed by atoms with van der Waals surface area (Å²) in [5, 5.41) is 0. The summed E-state index contributed by atoms with van der Waals surface area (Å²) in [6, 6.07) is 7.39. The molecular formula is C16H21N5O2. The van der Waals surface area contributed by atoms with Gasteiger partial charge < -0.3 is 25.0 Å². The molecule has 0 saturated carbocycles. The topological polar surface area (TPSA) is 76.7 Å². The van der Waals surface area contributed by atoms with Crippen molar-refractivity contribution < 1.29 is 9.47 Å². The molecule has 7 nitrogen and oxygen atoms in total. The van der Waals surface area contributed by atoms with Crippen LogP contribution in [-0.2, 0) is 0 Å². The van der Waals surface area contributed by atoms with Crippen LogP contribution in [0.4, 0.5) is 11.5 Å². The summed E-state index contributed by atoms with van der Waals surface area (Å²) in [6.45, 7) is 3.72. The van der Waals surface area contributed by atoms with Crippen molar-refractivity contribution in [2.24, 2.45) is 0 Å². The predicted octanol–water partition coefficient (Wildman–Crippen LogP) is 1.61. The highest BCUT2D eigenvalue weighted by Crippen LogP contribution is 2.35. The molecule has 0 amide bonds. The van der Waals surface area contributed by atoms with Gasteiger partial charge in [0, 0.05) is 26.2 Å². The van der Waals surface area contributed by atoms with E-state index in [1.54, 1.807) is 7.11 Å². The van der Waals surface area contributed by atoms with Crippen molar-refractivity contribution in [2.45, 2.75) is 0 Å². The number of nitrogens with two attached hydrogens (primary N) is 1. The van der Waals surface area contributed by atoms with E-state index in [1.807, 2.05) is 24.3 Å². The molecule has 0 aliphatic carbocycles. The zero-order chi connectivity index (χ0) is 16.2. The number of benzene rings is 1. The molecule has 0 atom stereocenters. The molecule has 2 aromatic rings. The first kappa shape index (κ1) is 15.4. The van der Waals surface area contributed by atoms with Crippen LogP contribution in [0.3, 0.4) is 0 Å². The summed E-state index contributed by atoms with van der Waals surface area (Å²) >= 11 is 0. The number of anilines is 2. The number of hydrogen-bond donors (Lipinski definition) is 1. The molecule has 1 aromatic heterocycles. The molecule has 3 rings (SSSR count). The molecular weight excluding hydrogens is 294 g/mol. The number of aromatic nitrogens is 2. The van der Waals surface area contributed by atoms with Crippen LogP contribution in [0.25, 0.3) is 0 Å². The summed E-state index contributed by atoms with van der Waals surface area (Å²) in [7, 11) is 3.71. The first-order valence-corrected chi connectivity index (χ1v) is 7.54. The molecule has 0 bridgehead atoms. The lowest BCUT2D eigenvalue weighted by molar-refractivity contribution is 0.312. The van der Waals surface area contributed by atoms with Gasteiger partial charge in [0.05, 0.1) is 7.11 Å². The summed E-state index contributed by atoms with van der Waals surface area (Å²) in [5.41, 5.74) is 6.69. The van der Waals surface area contributed by atoms with Gasteiger partial charge in [0.25, 0.3) is 0 Å². The Morgan fingerprint density at radius 2 is 1.74 bits per heavy atom. The van der Waals surface area contributed by atoms with Crippen LogP contribution in [0.15, 0.2) is 30.6 Å². The molecule has 0 spiro atoms. The highest BCUT2D eigenvalue weighted by Gasteiger charge is 2.20. The van der Waals surface area contributed by atoms with Gasteiger partial charge in [-0.05, 0) is 19.2 Å². The van der Waals surface area contributed by atoms with E-state index in [9.17, 15) is 0 Å². The molecule has 23 heavy (non-hydrogen) atoms. The molecule has 7 heteroatoms. The standard InChI is InChI=1S/C16H21N5O2/c1-20-7-9-21(10-8-20)15-14(17)16(19-11-18-15)23-13-6-4-3-5-12(13)22-2/h3-6,11H,7-10,17H2,1-2H3. The molecule has 2 heterocycles. The third kappa shape index (κ3) is 3.29. The minimum atomic E-state index is 0.346. The van der Waals surface area contributed by atoms with Gasteiger partial charge in [-0.1, -0.05) is 12.1 Å². The van der Waals surface area contributed by atoms with Crippen molar-refractivity contribution in [1.29, 1.82) is 0 Å². The summed E-state index contributed by atoms with van der Waals surface area (Å²) in [5.74, 6) is 2.27. The number of rotatable bonds is 4. The van der Waals surface area contributed by atoms with Crippen LogP contribution < -0.4 is 20.1 Å². The van der Waals surface area contributed by atoms with E-state index in [0.29, 0.717) is 23.1 Å².